The molecular weight excluding hydrogens is 368 g/mol. The van der Waals surface area contributed by atoms with Crippen molar-refractivity contribution in [1.29, 1.82) is 0 Å². The summed E-state index contributed by atoms with van der Waals surface area (Å²) >= 11 is 0. The predicted molar refractivity (Wildman–Crippen MR) is 99.9 cm³/mol. The molecule has 27 heavy (non-hydrogen) atoms. The van der Waals surface area contributed by atoms with Crippen LogP contribution >= 0.6 is 0 Å². The van der Waals surface area contributed by atoms with Gasteiger partial charge < -0.3 is 9.84 Å². The van der Waals surface area contributed by atoms with Crippen molar-refractivity contribution in [2.24, 2.45) is 0 Å². The van der Waals surface area contributed by atoms with Crippen molar-refractivity contribution in [1.82, 2.24) is 9.71 Å². The molecule has 1 heterocycles. The molecule has 0 aliphatic heterocycles. The second kappa shape index (κ2) is 7.73. The summed E-state index contributed by atoms with van der Waals surface area (Å²) in [6, 6.07) is 12.8. The number of aliphatic hydroxyl groups is 1. The zero-order chi connectivity index (χ0) is 19.4. The number of rotatable bonds is 6. The van der Waals surface area contributed by atoms with E-state index in [2.05, 4.69) is 9.71 Å². The number of carbonyl (C=O) groups is 1. The molecule has 1 amide bonds. The fourth-order valence-corrected chi connectivity index (χ4v) is 3.85. The highest BCUT2D eigenvalue weighted by molar-refractivity contribution is 7.90. The van der Waals surface area contributed by atoms with Crippen molar-refractivity contribution >= 4 is 26.7 Å². The van der Waals surface area contributed by atoms with Crippen LogP contribution in [0.5, 0.6) is 5.75 Å². The number of carbonyl (C=O) groups excluding carboxylic acids is 1. The van der Waals surface area contributed by atoms with Crippen molar-refractivity contribution in [2.45, 2.75) is 18.4 Å². The van der Waals surface area contributed by atoms with Gasteiger partial charge in [-0.05, 0) is 31.2 Å². The number of amides is 1. The maximum absolute atomic E-state index is 12.8. The summed E-state index contributed by atoms with van der Waals surface area (Å²) in [4.78, 5) is 16.2. The van der Waals surface area contributed by atoms with E-state index in [0.717, 1.165) is 0 Å². The van der Waals surface area contributed by atoms with Gasteiger partial charge in [-0.25, -0.2) is 13.1 Å². The Kier molecular flexibility index (Phi) is 5.38. The van der Waals surface area contributed by atoms with E-state index in [9.17, 15) is 13.2 Å². The minimum Gasteiger partial charge on any atom is -0.493 e. The van der Waals surface area contributed by atoms with Crippen molar-refractivity contribution in [2.75, 3.05) is 6.61 Å². The lowest BCUT2D eigenvalue weighted by atomic mass is 10.1. The highest BCUT2D eigenvalue weighted by atomic mass is 32.2. The van der Waals surface area contributed by atoms with Crippen LogP contribution < -0.4 is 9.46 Å². The topological polar surface area (TPSA) is 106 Å². The van der Waals surface area contributed by atoms with Gasteiger partial charge in [-0.2, -0.15) is 0 Å². The summed E-state index contributed by atoms with van der Waals surface area (Å²) in [6.45, 7) is 2.03. The summed E-state index contributed by atoms with van der Waals surface area (Å²) < 4.78 is 33.2. The molecule has 0 saturated carbocycles. The molecule has 2 N–H and O–H groups in total. The third-order valence-electron chi connectivity index (χ3n) is 3.91. The fraction of sp³-hybridized carbons (Fsp3) is 0.158. The Bertz CT molecular complexity index is 1080. The van der Waals surface area contributed by atoms with Gasteiger partial charge in [0.05, 0.1) is 29.4 Å². The Morgan fingerprint density at radius 1 is 1.11 bits per heavy atom. The molecule has 0 spiro atoms. The van der Waals surface area contributed by atoms with Crippen LogP contribution in [0.3, 0.4) is 0 Å². The van der Waals surface area contributed by atoms with Crippen LogP contribution in [-0.4, -0.2) is 31.0 Å². The number of fused-ring (bicyclic) bond motifs is 1. The predicted octanol–water partition coefficient (Wildman–Crippen LogP) is 2.24. The smallest absolute Gasteiger partial charge is 0.266 e. The molecule has 0 aliphatic carbocycles. The van der Waals surface area contributed by atoms with Gasteiger partial charge in [0.15, 0.2) is 0 Å². The third kappa shape index (κ3) is 3.91. The molecule has 0 unspecified atom stereocenters. The summed E-state index contributed by atoms with van der Waals surface area (Å²) in [6.07, 6.45) is 1.21. The molecule has 0 atom stereocenters. The zero-order valence-electron chi connectivity index (χ0n) is 14.5. The highest BCUT2D eigenvalue weighted by Gasteiger charge is 2.22. The van der Waals surface area contributed by atoms with E-state index in [0.29, 0.717) is 28.8 Å². The van der Waals surface area contributed by atoms with Crippen LogP contribution in [-0.2, 0) is 16.6 Å². The Morgan fingerprint density at radius 3 is 2.52 bits per heavy atom. The number of pyridine rings is 1. The van der Waals surface area contributed by atoms with Crippen LogP contribution in [0.25, 0.3) is 10.8 Å². The number of nitrogens with zero attached hydrogens (tertiary/aromatic N) is 1. The maximum atomic E-state index is 12.8. The summed E-state index contributed by atoms with van der Waals surface area (Å²) in [5.74, 6) is -0.230. The van der Waals surface area contributed by atoms with Gasteiger partial charge in [0.25, 0.3) is 15.9 Å². The van der Waals surface area contributed by atoms with Crippen molar-refractivity contribution in [3.63, 3.8) is 0 Å². The Labute approximate surface area is 156 Å². The normalized spacial score (nSPS) is 11.3. The summed E-state index contributed by atoms with van der Waals surface area (Å²) in [7, 11) is -4.11. The standard InChI is InChI=1S/C19H18N2O5S/c1-2-26-17-7-3-6-16-15(17)5-4-8-18(16)27(24,25)21-19(23)13-9-10-14(12-22)20-11-13/h3-11,22H,2,12H2,1H3,(H,21,23). The van der Waals surface area contributed by atoms with Gasteiger partial charge in [-0.1, -0.05) is 24.3 Å². The second-order valence-corrected chi connectivity index (χ2v) is 7.32. The third-order valence-corrected chi connectivity index (χ3v) is 5.30. The highest BCUT2D eigenvalue weighted by Crippen LogP contribution is 2.30. The zero-order valence-corrected chi connectivity index (χ0v) is 15.4. The van der Waals surface area contributed by atoms with Crippen LogP contribution in [0.4, 0.5) is 0 Å². The van der Waals surface area contributed by atoms with E-state index in [1.165, 1.54) is 24.4 Å². The van der Waals surface area contributed by atoms with Crippen LogP contribution in [0.2, 0.25) is 0 Å². The minimum atomic E-state index is -4.11. The van der Waals surface area contributed by atoms with Crippen molar-refractivity contribution in [3.8, 4) is 5.75 Å². The molecule has 0 bridgehead atoms. The van der Waals surface area contributed by atoms with Gasteiger partial charge in [-0.3, -0.25) is 9.78 Å². The largest absolute Gasteiger partial charge is 0.493 e. The minimum absolute atomic E-state index is 0.0187. The number of hydrogen-bond donors (Lipinski definition) is 2. The van der Waals surface area contributed by atoms with Gasteiger partial charge in [0, 0.05) is 17.0 Å². The molecule has 3 rings (SSSR count). The Hall–Kier alpha value is -2.97. The quantitative estimate of drug-likeness (QED) is 0.673. The van der Waals surface area contributed by atoms with Crippen LogP contribution in [0.15, 0.2) is 59.6 Å². The first-order chi connectivity index (χ1) is 13.0. The molecule has 8 heteroatoms. The summed E-state index contributed by atoms with van der Waals surface area (Å²) in [5.41, 5.74) is 0.456. The Morgan fingerprint density at radius 2 is 1.85 bits per heavy atom. The molecule has 0 aliphatic rings. The average molecular weight is 386 g/mol. The van der Waals surface area contributed by atoms with Crippen molar-refractivity contribution in [3.05, 3.63) is 66.0 Å². The monoisotopic (exact) mass is 386 g/mol. The van der Waals surface area contributed by atoms with E-state index < -0.39 is 15.9 Å². The Balaban J connectivity index is 1.97. The molecule has 0 fully saturated rings. The van der Waals surface area contributed by atoms with Gasteiger partial charge >= 0.3 is 0 Å². The number of ether oxygens (including phenoxy) is 1. The van der Waals surface area contributed by atoms with E-state index in [1.54, 1.807) is 30.3 Å². The van der Waals surface area contributed by atoms with E-state index in [4.69, 9.17) is 9.84 Å². The van der Waals surface area contributed by atoms with E-state index >= 15 is 0 Å². The SMILES string of the molecule is CCOc1cccc2c(S(=O)(=O)NC(=O)c3ccc(CO)nc3)cccc12. The first-order valence-electron chi connectivity index (χ1n) is 8.23. The van der Waals surface area contributed by atoms with E-state index in [1.807, 2.05) is 6.92 Å². The van der Waals surface area contributed by atoms with Crippen LogP contribution in [0, 0.1) is 0 Å². The molecule has 140 valence electrons. The molecule has 0 radical (unpaired) electrons. The van der Waals surface area contributed by atoms with Crippen molar-refractivity contribution < 1.29 is 23.1 Å². The number of sulfonamides is 1. The van der Waals surface area contributed by atoms with Gasteiger partial charge in [0.2, 0.25) is 0 Å². The lowest BCUT2D eigenvalue weighted by Crippen LogP contribution is -2.30. The number of aliphatic hydroxyl groups excluding tert-OH is 1. The average Bonchev–Trinajstić information content (AvgIpc) is 2.67. The number of aromatic nitrogens is 1. The van der Waals surface area contributed by atoms with Gasteiger partial charge in [-0.15, -0.1) is 0 Å². The lowest BCUT2D eigenvalue weighted by molar-refractivity contribution is 0.0981. The first kappa shape index (κ1) is 18.8. The molecule has 1 aromatic heterocycles. The molecular formula is C19H18N2O5S. The second-order valence-electron chi connectivity index (χ2n) is 5.67. The summed E-state index contributed by atoms with van der Waals surface area (Å²) in [5, 5.41) is 10.1. The molecule has 2 aromatic carbocycles. The first-order valence-corrected chi connectivity index (χ1v) is 9.72. The molecule has 0 saturated heterocycles. The van der Waals surface area contributed by atoms with Crippen LogP contribution in [0.1, 0.15) is 23.0 Å². The fourth-order valence-electron chi connectivity index (χ4n) is 2.66. The van der Waals surface area contributed by atoms with E-state index in [-0.39, 0.29) is 17.1 Å². The number of nitrogens with one attached hydrogen (secondary N) is 1. The number of hydrogen-bond acceptors (Lipinski definition) is 6. The number of benzene rings is 2. The lowest BCUT2D eigenvalue weighted by Gasteiger charge is -2.12. The maximum Gasteiger partial charge on any atom is 0.266 e. The molecule has 3 aromatic rings. The molecule has 7 nitrogen and oxygen atoms in total. The van der Waals surface area contributed by atoms with Gasteiger partial charge in [0.1, 0.15) is 5.75 Å².